The Morgan fingerprint density at radius 1 is 1.02 bits per heavy atom. The topological polar surface area (TPSA) is 117 Å². The van der Waals surface area contributed by atoms with Gasteiger partial charge in [0, 0.05) is 41.8 Å². The second-order valence-corrected chi connectivity index (χ2v) is 9.55. The summed E-state index contributed by atoms with van der Waals surface area (Å²) in [5, 5.41) is 23.4. The Morgan fingerprint density at radius 3 is 2.59 bits per heavy atom. The van der Waals surface area contributed by atoms with Crippen LogP contribution in [0.1, 0.15) is 50.0 Å². The number of hydrogen-bond donors (Lipinski definition) is 2. The molecule has 5 rings (SSSR count). The monoisotopic (exact) mass is 544 g/mol. The van der Waals surface area contributed by atoms with Crippen LogP contribution in [0.3, 0.4) is 0 Å². The van der Waals surface area contributed by atoms with Crippen LogP contribution in [0.5, 0.6) is 5.75 Å². The Kier molecular flexibility index (Phi) is 7.79. The number of nitrogens with zero attached hydrogens (tertiary/aromatic N) is 3. The van der Waals surface area contributed by atoms with Gasteiger partial charge in [-0.1, -0.05) is 18.2 Å². The molecule has 204 valence electrons. The average molecular weight is 545 g/mol. The van der Waals surface area contributed by atoms with Gasteiger partial charge in [-0.2, -0.15) is 5.26 Å². The van der Waals surface area contributed by atoms with E-state index in [0.717, 1.165) is 34.3 Å². The minimum Gasteiger partial charge on any atom is -0.497 e. The van der Waals surface area contributed by atoms with Crippen molar-refractivity contribution in [3.63, 3.8) is 0 Å². The number of carbonyl (C=O) groups excluding carboxylic acids is 1. The smallest absolute Gasteiger partial charge is 0.336 e. The fraction of sp³-hybridized carbons (Fsp3) is 0.152. The predicted octanol–water partition coefficient (Wildman–Crippen LogP) is 5.82. The second kappa shape index (κ2) is 11.8. The molecule has 0 saturated heterocycles. The summed E-state index contributed by atoms with van der Waals surface area (Å²) >= 11 is 0. The van der Waals surface area contributed by atoms with E-state index >= 15 is 0 Å². The number of nitriles is 1. The van der Waals surface area contributed by atoms with Crippen LogP contribution in [0.4, 0.5) is 0 Å². The molecule has 0 bridgehead atoms. The number of hydrogen-bond acceptors (Lipinski definition) is 5. The molecule has 1 amide bonds. The fourth-order valence-electron chi connectivity index (χ4n) is 5.01. The van der Waals surface area contributed by atoms with E-state index in [1.165, 1.54) is 13.2 Å². The first-order valence-corrected chi connectivity index (χ1v) is 13.2. The quantitative estimate of drug-likeness (QED) is 0.241. The van der Waals surface area contributed by atoms with Gasteiger partial charge < -0.3 is 19.7 Å². The molecule has 0 aliphatic rings. The van der Waals surface area contributed by atoms with E-state index < -0.39 is 5.97 Å². The molecule has 8 heteroatoms. The van der Waals surface area contributed by atoms with E-state index in [9.17, 15) is 20.0 Å². The number of aromatic nitrogens is 2. The molecule has 0 unspecified atom stereocenters. The molecule has 0 aliphatic carbocycles. The number of aryl methyl sites for hydroxylation is 1. The van der Waals surface area contributed by atoms with Gasteiger partial charge in [0.25, 0.3) is 5.91 Å². The molecule has 0 radical (unpaired) electrons. The van der Waals surface area contributed by atoms with E-state index in [1.54, 1.807) is 36.5 Å². The molecule has 0 spiro atoms. The van der Waals surface area contributed by atoms with Gasteiger partial charge in [0.15, 0.2) is 0 Å². The molecule has 3 aromatic carbocycles. The van der Waals surface area contributed by atoms with Crippen LogP contribution < -0.4 is 10.1 Å². The van der Waals surface area contributed by atoms with E-state index in [4.69, 9.17) is 4.74 Å². The Bertz CT molecular complexity index is 1800. The number of aromatic carboxylic acids is 1. The number of carboxylic acid groups (broad SMARTS) is 1. The summed E-state index contributed by atoms with van der Waals surface area (Å²) in [6, 6.07) is 23.6. The third-order valence-electron chi connectivity index (χ3n) is 7.09. The maximum absolute atomic E-state index is 13.2. The average Bonchev–Trinajstić information content (AvgIpc) is 3.36. The van der Waals surface area contributed by atoms with Crippen molar-refractivity contribution >= 4 is 22.8 Å². The highest BCUT2D eigenvalue weighted by molar-refractivity contribution is 6.00. The van der Waals surface area contributed by atoms with Crippen molar-refractivity contribution in [2.45, 2.75) is 26.4 Å². The van der Waals surface area contributed by atoms with Crippen molar-refractivity contribution < 1.29 is 19.4 Å². The highest BCUT2D eigenvalue weighted by Gasteiger charge is 2.20. The molecule has 41 heavy (non-hydrogen) atoms. The van der Waals surface area contributed by atoms with Crippen LogP contribution >= 0.6 is 0 Å². The Morgan fingerprint density at radius 2 is 1.88 bits per heavy atom. The zero-order valence-electron chi connectivity index (χ0n) is 22.7. The molecule has 2 N–H and O–H groups in total. The Hall–Kier alpha value is -5.42. The number of carboxylic acids is 1. The zero-order valence-corrected chi connectivity index (χ0v) is 22.7. The third-order valence-corrected chi connectivity index (χ3v) is 7.09. The molecule has 0 atom stereocenters. The van der Waals surface area contributed by atoms with Crippen LogP contribution in [0, 0.1) is 11.3 Å². The van der Waals surface area contributed by atoms with E-state index in [-0.39, 0.29) is 18.0 Å². The molecule has 0 aliphatic heterocycles. The molecular formula is C33H28N4O4. The maximum atomic E-state index is 13.2. The van der Waals surface area contributed by atoms with Crippen LogP contribution in [0.15, 0.2) is 85.2 Å². The van der Waals surface area contributed by atoms with Crippen LogP contribution in [-0.2, 0) is 19.5 Å². The number of benzene rings is 3. The van der Waals surface area contributed by atoms with Crippen molar-refractivity contribution in [3.05, 3.63) is 119 Å². The first kappa shape index (κ1) is 27.2. The number of amides is 1. The summed E-state index contributed by atoms with van der Waals surface area (Å²) in [5.74, 6) is -0.960. The van der Waals surface area contributed by atoms with Crippen LogP contribution in [-0.4, -0.2) is 33.6 Å². The van der Waals surface area contributed by atoms with Crippen molar-refractivity contribution in [2.24, 2.45) is 0 Å². The van der Waals surface area contributed by atoms with Crippen molar-refractivity contribution in [3.8, 4) is 22.9 Å². The predicted molar refractivity (Wildman–Crippen MR) is 156 cm³/mol. The lowest BCUT2D eigenvalue weighted by Crippen LogP contribution is -2.23. The van der Waals surface area contributed by atoms with Gasteiger partial charge in [0.1, 0.15) is 5.75 Å². The molecular weight excluding hydrogens is 516 g/mol. The number of ether oxygens (including phenoxy) is 1. The lowest BCUT2D eigenvalue weighted by Gasteiger charge is -2.15. The number of rotatable bonds is 9. The normalized spacial score (nSPS) is 10.8. The standard InChI is InChI=1S/C33H28N4O4/c1-3-37-20-24(27-11-7-21(18-34)14-31(27)37)15-22-8-9-23(32(38)36-19-25-6-4-5-13-35-25)16-29(22)28-12-10-26(41-2)17-30(28)33(39)40/h4-14,16-17,20H,3,15,19H2,1-2H3,(H,36,38)(H,39,40). The lowest BCUT2D eigenvalue weighted by atomic mass is 9.90. The molecule has 0 fully saturated rings. The molecule has 2 aromatic heterocycles. The van der Waals surface area contributed by atoms with Crippen LogP contribution in [0.2, 0.25) is 0 Å². The number of carbonyl (C=O) groups is 2. The molecule has 2 heterocycles. The summed E-state index contributed by atoms with van der Waals surface area (Å²) in [7, 11) is 1.49. The first-order chi connectivity index (χ1) is 19.9. The highest BCUT2D eigenvalue weighted by Crippen LogP contribution is 2.34. The van der Waals surface area contributed by atoms with Gasteiger partial charge in [-0.3, -0.25) is 9.78 Å². The Balaban J connectivity index is 1.60. The summed E-state index contributed by atoms with van der Waals surface area (Å²) in [6.45, 7) is 3.04. The van der Waals surface area contributed by atoms with Crippen LogP contribution in [0.25, 0.3) is 22.0 Å². The van der Waals surface area contributed by atoms with Gasteiger partial charge in [-0.25, -0.2) is 4.79 Å². The maximum Gasteiger partial charge on any atom is 0.336 e. The summed E-state index contributed by atoms with van der Waals surface area (Å²) < 4.78 is 7.38. The third kappa shape index (κ3) is 5.65. The largest absolute Gasteiger partial charge is 0.497 e. The van der Waals surface area contributed by atoms with Gasteiger partial charge in [-0.05, 0) is 83.8 Å². The van der Waals surface area contributed by atoms with Gasteiger partial charge in [-0.15, -0.1) is 0 Å². The number of methoxy groups -OCH3 is 1. The Labute approximate surface area is 237 Å². The zero-order chi connectivity index (χ0) is 28.9. The van der Waals surface area contributed by atoms with Gasteiger partial charge in [0.05, 0.1) is 36.5 Å². The number of nitrogens with one attached hydrogen (secondary N) is 1. The molecule has 0 saturated carbocycles. The van der Waals surface area contributed by atoms with Gasteiger partial charge >= 0.3 is 5.97 Å². The van der Waals surface area contributed by atoms with Crippen molar-refractivity contribution in [2.75, 3.05) is 7.11 Å². The minimum absolute atomic E-state index is 0.0753. The number of pyridine rings is 1. The molecule has 5 aromatic rings. The summed E-state index contributed by atoms with van der Waals surface area (Å²) in [6.07, 6.45) is 4.23. The minimum atomic E-state index is -1.10. The molecule has 8 nitrogen and oxygen atoms in total. The fourth-order valence-corrected chi connectivity index (χ4v) is 5.01. The van der Waals surface area contributed by atoms with E-state index in [2.05, 4.69) is 27.1 Å². The summed E-state index contributed by atoms with van der Waals surface area (Å²) in [5.41, 5.74) is 5.77. The number of fused-ring (bicyclic) bond motifs is 1. The van der Waals surface area contributed by atoms with Crippen molar-refractivity contribution in [1.29, 1.82) is 5.26 Å². The van der Waals surface area contributed by atoms with E-state index in [0.29, 0.717) is 34.4 Å². The first-order valence-electron chi connectivity index (χ1n) is 13.2. The van der Waals surface area contributed by atoms with Crippen molar-refractivity contribution in [1.82, 2.24) is 14.9 Å². The summed E-state index contributed by atoms with van der Waals surface area (Å²) in [4.78, 5) is 29.7. The second-order valence-electron chi connectivity index (χ2n) is 9.55. The highest BCUT2D eigenvalue weighted by atomic mass is 16.5. The van der Waals surface area contributed by atoms with E-state index in [1.807, 2.05) is 43.3 Å². The SMILES string of the molecule is CCn1cc(Cc2ccc(C(=O)NCc3ccccn3)cc2-c2ccc(OC)cc2C(=O)O)c2ccc(C#N)cc21. The van der Waals surface area contributed by atoms with Gasteiger partial charge in [0.2, 0.25) is 0 Å². The lowest BCUT2D eigenvalue weighted by molar-refractivity contribution is 0.0697.